The van der Waals surface area contributed by atoms with E-state index in [9.17, 15) is 4.79 Å². The second kappa shape index (κ2) is 8.82. The van der Waals surface area contributed by atoms with Gasteiger partial charge in [-0.3, -0.25) is 4.99 Å². The molecular formula is C15H28N4O3. The number of hydrogen-bond donors (Lipinski definition) is 1. The summed E-state index contributed by atoms with van der Waals surface area (Å²) in [6.07, 6.45) is 2.42. The first-order chi connectivity index (χ1) is 10.7. The van der Waals surface area contributed by atoms with E-state index in [0.717, 1.165) is 38.1 Å². The minimum atomic E-state index is -0.224. The van der Waals surface area contributed by atoms with Crippen molar-refractivity contribution < 1.29 is 14.3 Å². The standard InChI is InChI=1S/C15H28N4O3/c1-3-22-15(20)19-9-7-18(8-10-19)14(16-2)17-6-11-21-12-13-4-5-13/h13H,3-12H2,1-2H3,(H,16,17). The predicted molar refractivity (Wildman–Crippen MR) is 85.1 cm³/mol. The third-order valence-corrected chi connectivity index (χ3v) is 3.90. The van der Waals surface area contributed by atoms with Gasteiger partial charge in [0.15, 0.2) is 5.96 Å². The minimum Gasteiger partial charge on any atom is -0.450 e. The zero-order valence-electron chi connectivity index (χ0n) is 13.7. The van der Waals surface area contributed by atoms with Crippen LogP contribution < -0.4 is 5.32 Å². The third kappa shape index (κ3) is 5.36. The lowest BCUT2D eigenvalue weighted by molar-refractivity contribution is 0.0911. The molecule has 0 aromatic heterocycles. The second-order valence-electron chi connectivity index (χ2n) is 5.67. The van der Waals surface area contributed by atoms with Crippen LogP contribution in [0.4, 0.5) is 4.79 Å². The molecular weight excluding hydrogens is 284 g/mol. The molecule has 1 aliphatic carbocycles. The highest BCUT2D eigenvalue weighted by molar-refractivity contribution is 5.80. The lowest BCUT2D eigenvalue weighted by Crippen LogP contribution is -2.54. The molecule has 22 heavy (non-hydrogen) atoms. The fourth-order valence-electron chi connectivity index (χ4n) is 2.42. The van der Waals surface area contributed by atoms with Crippen LogP contribution in [-0.2, 0) is 9.47 Å². The minimum absolute atomic E-state index is 0.224. The zero-order valence-corrected chi connectivity index (χ0v) is 13.7. The Kier molecular flexibility index (Phi) is 6.76. The zero-order chi connectivity index (χ0) is 15.8. The molecule has 126 valence electrons. The van der Waals surface area contributed by atoms with Crippen LogP contribution in [0.25, 0.3) is 0 Å². The van der Waals surface area contributed by atoms with E-state index >= 15 is 0 Å². The largest absolute Gasteiger partial charge is 0.450 e. The molecule has 1 saturated heterocycles. The molecule has 0 bridgehead atoms. The summed E-state index contributed by atoms with van der Waals surface area (Å²) in [5.41, 5.74) is 0. The number of nitrogens with one attached hydrogen (secondary N) is 1. The number of rotatable bonds is 6. The molecule has 0 aromatic carbocycles. The van der Waals surface area contributed by atoms with Crippen molar-refractivity contribution in [2.75, 3.05) is 59.6 Å². The number of hydrogen-bond acceptors (Lipinski definition) is 4. The van der Waals surface area contributed by atoms with Crippen LogP contribution in [-0.4, -0.2) is 81.4 Å². The van der Waals surface area contributed by atoms with Crippen LogP contribution in [0, 0.1) is 5.92 Å². The summed E-state index contributed by atoms with van der Waals surface area (Å²) in [5, 5.41) is 3.32. The number of carbonyl (C=O) groups is 1. The van der Waals surface area contributed by atoms with E-state index < -0.39 is 0 Å². The Bertz CT molecular complexity index is 377. The van der Waals surface area contributed by atoms with Gasteiger partial charge in [0, 0.05) is 46.4 Å². The highest BCUT2D eigenvalue weighted by atomic mass is 16.6. The maximum Gasteiger partial charge on any atom is 0.409 e. The molecule has 0 aromatic rings. The monoisotopic (exact) mass is 312 g/mol. The fraction of sp³-hybridized carbons (Fsp3) is 0.867. The van der Waals surface area contributed by atoms with Crippen molar-refractivity contribution in [2.45, 2.75) is 19.8 Å². The van der Waals surface area contributed by atoms with E-state index in [-0.39, 0.29) is 6.09 Å². The molecule has 0 radical (unpaired) electrons. The number of ether oxygens (including phenoxy) is 2. The van der Waals surface area contributed by atoms with Crippen LogP contribution in [0.15, 0.2) is 4.99 Å². The van der Waals surface area contributed by atoms with E-state index in [0.29, 0.717) is 26.3 Å². The van der Waals surface area contributed by atoms with E-state index in [1.807, 2.05) is 6.92 Å². The molecule has 0 unspecified atom stereocenters. The van der Waals surface area contributed by atoms with Crippen LogP contribution in [0.5, 0.6) is 0 Å². The van der Waals surface area contributed by atoms with E-state index in [1.54, 1.807) is 11.9 Å². The molecule has 7 nitrogen and oxygen atoms in total. The van der Waals surface area contributed by atoms with Crippen molar-refractivity contribution in [1.82, 2.24) is 15.1 Å². The van der Waals surface area contributed by atoms with Gasteiger partial charge in [0.2, 0.25) is 0 Å². The maximum atomic E-state index is 11.7. The van der Waals surface area contributed by atoms with Gasteiger partial charge in [0.25, 0.3) is 0 Å². The Morgan fingerprint density at radius 3 is 2.50 bits per heavy atom. The normalized spacial score (nSPS) is 19.3. The molecule has 1 aliphatic heterocycles. The molecule has 1 amide bonds. The highest BCUT2D eigenvalue weighted by Crippen LogP contribution is 2.28. The summed E-state index contributed by atoms with van der Waals surface area (Å²) in [5.74, 6) is 1.67. The predicted octanol–water partition coefficient (Wildman–Crippen LogP) is 0.763. The van der Waals surface area contributed by atoms with E-state index in [4.69, 9.17) is 9.47 Å². The molecule has 0 atom stereocenters. The van der Waals surface area contributed by atoms with Crippen molar-refractivity contribution >= 4 is 12.1 Å². The van der Waals surface area contributed by atoms with Crippen LogP contribution in [0.2, 0.25) is 0 Å². The van der Waals surface area contributed by atoms with Gasteiger partial charge in [-0.2, -0.15) is 0 Å². The number of piperazine rings is 1. The molecule has 2 aliphatic rings. The van der Waals surface area contributed by atoms with Gasteiger partial charge in [-0.25, -0.2) is 4.79 Å². The molecule has 1 heterocycles. The lowest BCUT2D eigenvalue weighted by Gasteiger charge is -2.35. The summed E-state index contributed by atoms with van der Waals surface area (Å²) in [6.45, 7) is 7.46. The smallest absolute Gasteiger partial charge is 0.409 e. The molecule has 1 N–H and O–H groups in total. The van der Waals surface area contributed by atoms with Gasteiger partial charge in [-0.1, -0.05) is 0 Å². The summed E-state index contributed by atoms with van der Waals surface area (Å²) < 4.78 is 10.6. The Hall–Kier alpha value is -1.50. The van der Waals surface area contributed by atoms with Gasteiger partial charge < -0.3 is 24.6 Å². The molecule has 7 heteroatoms. The average Bonchev–Trinajstić information content (AvgIpc) is 3.36. The first-order valence-corrected chi connectivity index (χ1v) is 8.19. The topological polar surface area (TPSA) is 66.4 Å². The first kappa shape index (κ1) is 16.9. The van der Waals surface area contributed by atoms with Crippen molar-refractivity contribution in [1.29, 1.82) is 0 Å². The first-order valence-electron chi connectivity index (χ1n) is 8.19. The summed E-state index contributed by atoms with van der Waals surface area (Å²) in [7, 11) is 1.78. The Morgan fingerprint density at radius 1 is 1.23 bits per heavy atom. The third-order valence-electron chi connectivity index (χ3n) is 3.90. The van der Waals surface area contributed by atoms with Gasteiger partial charge >= 0.3 is 6.09 Å². The second-order valence-corrected chi connectivity index (χ2v) is 5.67. The number of aliphatic imine (C=N–C) groups is 1. The average molecular weight is 312 g/mol. The summed E-state index contributed by atoms with van der Waals surface area (Å²) in [6, 6.07) is 0. The lowest BCUT2D eigenvalue weighted by atomic mass is 10.3. The number of nitrogens with zero attached hydrogens (tertiary/aromatic N) is 3. The summed E-state index contributed by atoms with van der Waals surface area (Å²) >= 11 is 0. The van der Waals surface area contributed by atoms with Gasteiger partial charge in [0.1, 0.15) is 0 Å². The van der Waals surface area contributed by atoms with Crippen LogP contribution >= 0.6 is 0 Å². The van der Waals surface area contributed by atoms with Gasteiger partial charge in [-0.05, 0) is 25.7 Å². The quantitative estimate of drug-likeness (QED) is 0.446. The molecule has 2 fully saturated rings. The highest BCUT2D eigenvalue weighted by Gasteiger charge is 2.24. The van der Waals surface area contributed by atoms with E-state index in [1.165, 1.54) is 12.8 Å². The van der Waals surface area contributed by atoms with Crippen molar-refractivity contribution in [3.8, 4) is 0 Å². The van der Waals surface area contributed by atoms with Gasteiger partial charge in [-0.15, -0.1) is 0 Å². The van der Waals surface area contributed by atoms with Crippen molar-refractivity contribution in [3.63, 3.8) is 0 Å². The molecule has 2 rings (SSSR count). The van der Waals surface area contributed by atoms with Crippen LogP contribution in [0.3, 0.4) is 0 Å². The SMILES string of the molecule is CCOC(=O)N1CCN(C(=NC)NCCOCC2CC2)CC1. The Morgan fingerprint density at radius 2 is 1.91 bits per heavy atom. The Labute approximate surface area is 132 Å². The molecule has 0 spiro atoms. The number of guanidine groups is 1. The van der Waals surface area contributed by atoms with E-state index in [2.05, 4.69) is 15.2 Å². The van der Waals surface area contributed by atoms with Crippen molar-refractivity contribution in [3.05, 3.63) is 0 Å². The maximum absolute atomic E-state index is 11.7. The van der Waals surface area contributed by atoms with Gasteiger partial charge in [0.05, 0.1) is 13.2 Å². The Balaban J connectivity index is 1.63. The summed E-state index contributed by atoms with van der Waals surface area (Å²) in [4.78, 5) is 19.9. The van der Waals surface area contributed by atoms with Crippen LogP contribution in [0.1, 0.15) is 19.8 Å². The fourth-order valence-corrected chi connectivity index (χ4v) is 2.42. The molecule has 1 saturated carbocycles. The number of carbonyl (C=O) groups excluding carboxylic acids is 1. The number of amides is 1. The van der Waals surface area contributed by atoms with Crippen molar-refractivity contribution in [2.24, 2.45) is 10.9 Å².